The molecule has 0 saturated carbocycles. The number of nitrogens with zero attached hydrogens (tertiary/aromatic N) is 1. The van der Waals surface area contributed by atoms with Crippen LogP contribution in [-0.2, 0) is 4.79 Å². The van der Waals surface area contributed by atoms with E-state index in [9.17, 15) is 4.79 Å². The number of hydrogen-bond acceptors (Lipinski definition) is 3. The highest BCUT2D eigenvalue weighted by atomic mass is 35.5. The van der Waals surface area contributed by atoms with Crippen molar-refractivity contribution in [2.45, 2.75) is 53.5 Å². The number of likely N-dealkylation sites (tertiary alicyclic amines) is 1. The molecule has 1 aliphatic rings. The van der Waals surface area contributed by atoms with Crippen LogP contribution in [0.15, 0.2) is 48.5 Å². The van der Waals surface area contributed by atoms with Crippen LogP contribution in [0.3, 0.4) is 0 Å². The Morgan fingerprint density at radius 1 is 1.06 bits per heavy atom. The van der Waals surface area contributed by atoms with Crippen LogP contribution in [-0.4, -0.2) is 47.6 Å². The van der Waals surface area contributed by atoms with E-state index >= 15 is 0 Å². The van der Waals surface area contributed by atoms with Crippen molar-refractivity contribution in [3.63, 3.8) is 0 Å². The maximum absolute atomic E-state index is 13.4. The minimum absolute atomic E-state index is 0. The van der Waals surface area contributed by atoms with Crippen LogP contribution in [0.1, 0.15) is 53.0 Å². The molecule has 1 saturated heterocycles. The zero-order chi connectivity index (χ0) is 22.6. The van der Waals surface area contributed by atoms with Crippen molar-refractivity contribution in [1.29, 1.82) is 0 Å². The van der Waals surface area contributed by atoms with Gasteiger partial charge < -0.3 is 20.6 Å². The molecular formula is C26H40Cl2N2O4. The number of rotatable bonds is 7. The Bertz CT molecular complexity index is 873. The Hall–Kier alpha value is -1.83. The summed E-state index contributed by atoms with van der Waals surface area (Å²) in [6.45, 7) is 10.3. The van der Waals surface area contributed by atoms with Gasteiger partial charge in [-0.1, -0.05) is 70.5 Å². The van der Waals surface area contributed by atoms with Gasteiger partial charge in [0.25, 0.3) is 0 Å². The van der Waals surface area contributed by atoms with Crippen LogP contribution in [0, 0.1) is 11.3 Å². The van der Waals surface area contributed by atoms with E-state index in [4.69, 9.17) is 27.9 Å². The molecular weight excluding hydrogens is 475 g/mol. The summed E-state index contributed by atoms with van der Waals surface area (Å²) in [6.07, 6.45) is 0.937. The Kier molecular flexibility index (Phi) is 13.2. The molecule has 2 atom stereocenters. The number of carbonyl (C=O) groups excluding carboxylic acids is 1. The molecule has 0 bridgehead atoms. The molecule has 0 unspecified atom stereocenters. The van der Waals surface area contributed by atoms with Gasteiger partial charge >= 0.3 is 0 Å². The summed E-state index contributed by atoms with van der Waals surface area (Å²) < 4.78 is 5.75. The lowest BCUT2D eigenvalue weighted by Crippen LogP contribution is -2.55. The highest BCUT2D eigenvalue weighted by Crippen LogP contribution is 2.42. The van der Waals surface area contributed by atoms with E-state index in [1.54, 1.807) is 12.1 Å². The second-order valence-electron chi connectivity index (χ2n) is 9.31. The summed E-state index contributed by atoms with van der Waals surface area (Å²) >= 11 is 12.0. The number of piperidine rings is 1. The molecule has 2 aromatic carbocycles. The lowest BCUT2D eigenvalue weighted by molar-refractivity contribution is -0.138. The molecule has 5 N–H and O–H groups in total. The van der Waals surface area contributed by atoms with Crippen molar-refractivity contribution in [1.82, 2.24) is 10.2 Å². The molecule has 0 spiro atoms. The maximum Gasteiger partial charge on any atom is 0.240 e. The number of nitrogens with one attached hydrogen (secondary N) is 1. The highest BCUT2D eigenvalue weighted by Gasteiger charge is 2.40. The quantitative estimate of drug-likeness (QED) is 0.526. The molecule has 2 aromatic rings. The van der Waals surface area contributed by atoms with Crippen molar-refractivity contribution in [2.75, 3.05) is 19.8 Å². The van der Waals surface area contributed by atoms with E-state index in [-0.39, 0.29) is 48.4 Å². The fourth-order valence-electron chi connectivity index (χ4n) is 4.41. The zero-order valence-corrected chi connectivity index (χ0v) is 21.2. The van der Waals surface area contributed by atoms with Crippen molar-refractivity contribution in [3.8, 4) is 5.75 Å². The molecule has 192 valence electrons. The predicted octanol–water partition coefficient (Wildman–Crippen LogP) is 4.97. The van der Waals surface area contributed by atoms with Gasteiger partial charge in [0.2, 0.25) is 5.91 Å². The first kappa shape index (κ1) is 32.2. The summed E-state index contributed by atoms with van der Waals surface area (Å²) in [4.78, 5) is 15.4. The largest absolute Gasteiger partial charge is 0.478 e. The van der Waals surface area contributed by atoms with Crippen molar-refractivity contribution < 1.29 is 20.5 Å². The highest BCUT2D eigenvalue weighted by molar-refractivity contribution is 6.30. The van der Waals surface area contributed by atoms with E-state index in [1.807, 2.05) is 29.2 Å². The number of carbonyl (C=O) groups is 1. The predicted molar refractivity (Wildman–Crippen MR) is 142 cm³/mol. The van der Waals surface area contributed by atoms with Crippen LogP contribution in [0.2, 0.25) is 10.0 Å². The molecule has 0 aromatic heterocycles. The first-order valence-electron chi connectivity index (χ1n) is 10.8. The molecule has 8 heteroatoms. The van der Waals surface area contributed by atoms with Gasteiger partial charge in [0.15, 0.2) is 0 Å². The fraction of sp³-hybridized carbons (Fsp3) is 0.500. The van der Waals surface area contributed by atoms with Crippen LogP contribution < -0.4 is 10.1 Å². The lowest BCUT2D eigenvalue weighted by Gasteiger charge is -2.45. The number of hydrogen-bond donors (Lipinski definition) is 1. The topological polar surface area (TPSA) is 105 Å². The Labute approximate surface area is 214 Å². The third-order valence-electron chi connectivity index (χ3n) is 6.10. The van der Waals surface area contributed by atoms with E-state index in [2.05, 4.69) is 45.1 Å². The molecule has 6 nitrogen and oxygen atoms in total. The molecule has 1 heterocycles. The monoisotopic (exact) mass is 514 g/mol. The minimum Gasteiger partial charge on any atom is -0.478 e. The molecule has 1 amide bonds. The molecule has 0 aliphatic carbocycles. The summed E-state index contributed by atoms with van der Waals surface area (Å²) in [5.41, 5.74) is 1.26. The molecule has 1 fully saturated rings. The summed E-state index contributed by atoms with van der Waals surface area (Å²) in [5, 5.41) is 4.71. The molecule has 34 heavy (non-hydrogen) atoms. The van der Waals surface area contributed by atoms with E-state index < -0.39 is 0 Å². The summed E-state index contributed by atoms with van der Waals surface area (Å²) in [7, 11) is 0. The molecule has 0 radical (unpaired) electrons. The van der Waals surface area contributed by atoms with Gasteiger partial charge in [-0.15, -0.1) is 0 Å². The Morgan fingerprint density at radius 2 is 1.59 bits per heavy atom. The van der Waals surface area contributed by atoms with Crippen molar-refractivity contribution >= 4 is 29.1 Å². The van der Waals surface area contributed by atoms with Gasteiger partial charge in [-0.3, -0.25) is 10.1 Å². The van der Waals surface area contributed by atoms with E-state index in [1.165, 1.54) is 5.56 Å². The number of ether oxygens (including phenoxy) is 1. The SMILES string of the molecule is C.CC(C)[C@@H](NCOc1ccc(Cl)cc1)C(=O)N1CC[C@H](c2ccc(Cl)cc2)C(C)(C)C1.O.O. The van der Waals surface area contributed by atoms with Crippen LogP contribution in [0.4, 0.5) is 0 Å². The van der Waals surface area contributed by atoms with E-state index in [0.29, 0.717) is 10.9 Å². The lowest BCUT2D eigenvalue weighted by atomic mass is 9.70. The van der Waals surface area contributed by atoms with Gasteiger partial charge in [-0.25, -0.2) is 0 Å². The average molecular weight is 516 g/mol. The number of halogens is 2. The average Bonchev–Trinajstić information content (AvgIpc) is 2.72. The van der Waals surface area contributed by atoms with Crippen LogP contribution >= 0.6 is 23.2 Å². The van der Waals surface area contributed by atoms with Gasteiger partial charge in [-0.2, -0.15) is 0 Å². The normalized spacial score (nSPS) is 17.6. The second-order valence-corrected chi connectivity index (χ2v) is 10.2. The zero-order valence-electron chi connectivity index (χ0n) is 19.7. The maximum atomic E-state index is 13.4. The standard InChI is InChI=1S/C25H32Cl2N2O2.CH4.2H2O/c1-17(2)23(28-16-31-21-11-9-20(27)10-12-21)24(30)29-14-13-22(25(3,4)15-29)18-5-7-19(26)8-6-18;;;/h5-12,17,22-23,28H,13-16H2,1-4H3;1H4;2*1H2/t22-,23-;;;/m1.../s1. The number of benzene rings is 2. The van der Waals surface area contributed by atoms with Gasteiger partial charge in [-0.05, 0) is 65.6 Å². The Balaban J connectivity index is 0.00000363. The van der Waals surface area contributed by atoms with Crippen LogP contribution in [0.5, 0.6) is 5.75 Å². The first-order chi connectivity index (χ1) is 14.7. The van der Waals surface area contributed by atoms with Gasteiger partial charge in [0.05, 0.1) is 6.04 Å². The molecule has 3 rings (SSSR count). The molecule has 1 aliphatic heterocycles. The van der Waals surface area contributed by atoms with Gasteiger partial charge in [0.1, 0.15) is 12.5 Å². The number of amides is 1. The summed E-state index contributed by atoms with van der Waals surface area (Å²) in [5.74, 6) is 1.40. The Morgan fingerprint density at radius 3 is 2.09 bits per heavy atom. The smallest absolute Gasteiger partial charge is 0.240 e. The summed E-state index contributed by atoms with van der Waals surface area (Å²) in [6, 6.07) is 15.0. The third-order valence-corrected chi connectivity index (χ3v) is 6.61. The van der Waals surface area contributed by atoms with Crippen molar-refractivity contribution in [2.24, 2.45) is 11.3 Å². The van der Waals surface area contributed by atoms with Crippen molar-refractivity contribution in [3.05, 3.63) is 64.1 Å². The van der Waals surface area contributed by atoms with E-state index in [0.717, 1.165) is 30.3 Å². The minimum atomic E-state index is -0.296. The second kappa shape index (κ2) is 13.9. The van der Waals surface area contributed by atoms with Crippen LogP contribution in [0.25, 0.3) is 0 Å². The first-order valence-corrected chi connectivity index (χ1v) is 11.6. The third kappa shape index (κ3) is 8.14. The van der Waals surface area contributed by atoms with Gasteiger partial charge in [0, 0.05) is 23.1 Å². The fourth-order valence-corrected chi connectivity index (χ4v) is 4.66.